The second-order valence-electron chi connectivity index (χ2n) is 6.08. The third-order valence-electron chi connectivity index (χ3n) is 4.11. The maximum atomic E-state index is 12.5. The fourth-order valence-corrected chi connectivity index (χ4v) is 2.92. The van der Waals surface area contributed by atoms with Crippen molar-refractivity contribution in [3.8, 4) is 0 Å². The number of carbonyl (C=O) groups is 1. The van der Waals surface area contributed by atoms with Crippen LogP contribution in [0.5, 0.6) is 0 Å². The number of aromatic nitrogens is 2. The minimum absolute atomic E-state index is 0.303. The fraction of sp³-hybridized carbons (Fsp3) is 0.158. The topological polar surface area (TPSA) is 84.3 Å². The molecule has 0 fully saturated rings. The first kappa shape index (κ1) is 18.7. The van der Waals surface area contributed by atoms with Crippen LogP contribution in [0.25, 0.3) is 0 Å². The molecule has 1 N–H and O–H groups in total. The van der Waals surface area contributed by atoms with Gasteiger partial charge in [-0.1, -0.05) is 36.4 Å². The summed E-state index contributed by atoms with van der Waals surface area (Å²) in [5, 5.41) is 7.14. The molecule has 0 aliphatic rings. The Morgan fingerprint density at radius 2 is 1.85 bits per heavy atom. The smallest absolute Gasteiger partial charge is 0.276 e. The molecular formula is C19H20N4O3S. The van der Waals surface area contributed by atoms with Gasteiger partial charge in [0, 0.05) is 18.4 Å². The van der Waals surface area contributed by atoms with Crippen molar-refractivity contribution in [2.75, 3.05) is 16.7 Å². The maximum Gasteiger partial charge on any atom is 0.276 e. The van der Waals surface area contributed by atoms with Crippen molar-refractivity contribution >= 4 is 28.2 Å². The summed E-state index contributed by atoms with van der Waals surface area (Å²) in [6, 6.07) is 18.2. The Morgan fingerprint density at radius 1 is 1.11 bits per heavy atom. The van der Waals surface area contributed by atoms with Crippen molar-refractivity contribution in [3.05, 3.63) is 77.6 Å². The quantitative estimate of drug-likeness (QED) is 0.640. The number of nitrogens with one attached hydrogen (secondary N) is 1. The Hall–Kier alpha value is -3.13. The summed E-state index contributed by atoms with van der Waals surface area (Å²) in [5.74, 6) is -0.351. The standard InChI is InChI=1S/C19H20N4O3S/c1-14-11-18(21-23(14)13-15-7-4-3-5-8-15)19(24)20-16-9-6-10-17(12-16)22(2)27(25)26/h3-12,27H,13H2,1-2H3,(H,20,24). The van der Waals surface area contributed by atoms with Gasteiger partial charge in [0.1, 0.15) is 0 Å². The summed E-state index contributed by atoms with van der Waals surface area (Å²) in [4.78, 5) is 12.5. The first-order valence-corrected chi connectivity index (χ1v) is 9.45. The zero-order chi connectivity index (χ0) is 19.4. The van der Waals surface area contributed by atoms with Gasteiger partial charge in [-0.05, 0) is 36.8 Å². The fourth-order valence-electron chi connectivity index (χ4n) is 2.61. The molecule has 3 rings (SSSR count). The van der Waals surface area contributed by atoms with Gasteiger partial charge in [-0.3, -0.25) is 13.8 Å². The molecule has 1 aromatic heterocycles. The molecule has 2 aromatic carbocycles. The molecule has 0 saturated heterocycles. The van der Waals surface area contributed by atoms with Crippen LogP contribution in [0.1, 0.15) is 21.7 Å². The van der Waals surface area contributed by atoms with Crippen molar-refractivity contribution in [1.82, 2.24) is 9.78 Å². The largest absolute Gasteiger partial charge is 0.321 e. The zero-order valence-corrected chi connectivity index (χ0v) is 15.9. The number of amides is 1. The lowest BCUT2D eigenvalue weighted by Gasteiger charge is -2.12. The number of anilines is 2. The highest BCUT2D eigenvalue weighted by Crippen LogP contribution is 2.19. The lowest BCUT2D eigenvalue weighted by Crippen LogP contribution is -2.16. The van der Waals surface area contributed by atoms with E-state index in [9.17, 15) is 13.2 Å². The van der Waals surface area contributed by atoms with Crippen LogP contribution in [0.2, 0.25) is 0 Å². The zero-order valence-electron chi connectivity index (χ0n) is 15.0. The maximum absolute atomic E-state index is 12.5. The second-order valence-corrected chi connectivity index (χ2v) is 7.16. The molecule has 0 saturated carbocycles. The minimum atomic E-state index is -2.74. The van der Waals surface area contributed by atoms with Crippen molar-refractivity contribution in [1.29, 1.82) is 0 Å². The molecular weight excluding hydrogens is 364 g/mol. The minimum Gasteiger partial charge on any atom is -0.321 e. The van der Waals surface area contributed by atoms with E-state index in [0.717, 1.165) is 15.6 Å². The van der Waals surface area contributed by atoms with Gasteiger partial charge in [-0.2, -0.15) is 5.10 Å². The molecule has 140 valence electrons. The van der Waals surface area contributed by atoms with E-state index in [2.05, 4.69) is 10.4 Å². The first-order chi connectivity index (χ1) is 12.9. The van der Waals surface area contributed by atoms with Crippen LogP contribution in [0.15, 0.2) is 60.7 Å². The van der Waals surface area contributed by atoms with E-state index >= 15 is 0 Å². The van der Waals surface area contributed by atoms with Gasteiger partial charge >= 0.3 is 0 Å². The molecule has 8 heteroatoms. The van der Waals surface area contributed by atoms with Gasteiger partial charge in [-0.25, -0.2) is 8.42 Å². The second kappa shape index (κ2) is 8.05. The number of carbonyl (C=O) groups excluding carboxylic acids is 1. The number of aryl methyl sites for hydroxylation is 1. The number of benzene rings is 2. The normalized spacial score (nSPS) is 10.8. The summed E-state index contributed by atoms with van der Waals surface area (Å²) in [5.41, 5.74) is 3.24. The molecule has 3 aromatic rings. The number of thiol groups is 1. The Labute approximate surface area is 159 Å². The van der Waals surface area contributed by atoms with Gasteiger partial charge in [0.25, 0.3) is 5.91 Å². The predicted octanol–water partition coefficient (Wildman–Crippen LogP) is 2.45. The van der Waals surface area contributed by atoms with Crippen molar-refractivity contribution in [2.45, 2.75) is 13.5 Å². The van der Waals surface area contributed by atoms with Gasteiger partial charge in [0.05, 0.1) is 12.2 Å². The molecule has 0 atom stereocenters. The molecule has 0 aliphatic carbocycles. The van der Waals surface area contributed by atoms with E-state index < -0.39 is 10.9 Å². The van der Waals surface area contributed by atoms with Gasteiger partial charge in [0.2, 0.25) is 10.9 Å². The van der Waals surface area contributed by atoms with Crippen molar-refractivity contribution in [3.63, 3.8) is 0 Å². The third-order valence-corrected chi connectivity index (χ3v) is 4.83. The van der Waals surface area contributed by atoms with Gasteiger partial charge in [0.15, 0.2) is 5.69 Å². The highest BCUT2D eigenvalue weighted by Gasteiger charge is 2.13. The predicted molar refractivity (Wildman–Crippen MR) is 106 cm³/mol. The highest BCUT2D eigenvalue weighted by molar-refractivity contribution is 7.74. The van der Waals surface area contributed by atoms with Gasteiger partial charge < -0.3 is 5.32 Å². The summed E-state index contributed by atoms with van der Waals surface area (Å²) in [6.07, 6.45) is 0. The van der Waals surface area contributed by atoms with Crippen LogP contribution in [0, 0.1) is 6.92 Å². The molecule has 27 heavy (non-hydrogen) atoms. The average molecular weight is 384 g/mol. The molecule has 0 radical (unpaired) electrons. The van der Waals surface area contributed by atoms with Gasteiger partial charge in [-0.15, -0.1) is 0 Å². The van der Waals surface area contributed by atoms with Crippen molar-refractivity contribution < 1.29 is 13.2 Å². The van der Waals surface area contributed by atoms with Crippen LogP contribution in [-0.4, -0.2) is 31.2 Å². The summed E-state index contributed by atoms with van der Waals surface area (Å²) in [6.45, 7) is 2.48. The van der Waals surface area contributed by atoms with Crippen LogP contribution < -0.4 is 9.62 Å². The highest BCUT2D eigenvalue weighted by atomic mass is 32.2. The molecule has 0 aliphatic heterocycles. The lowest BCUT2D eigenvalue weighted by atomic mass is 10.2. The van der Waals surface area contributed by atoms with E-state index in [1.54, 1.807) is 35.0 Å². The first-order valence-electron chi connectivity index (χ1n) is 8.32. The Bertz CT molecular complexity index is 1020. The van der Waals surface area contributed by atoms with E-state index in [-0.39, 0.29) is 5.91 Å². The van der Waals surface area contributed by atoms with E-state index in [4.69, 9.17) is 0 Å². The van der Waals surface area contributed by atoms with Crippen LogP contribution >= 0.6 is 0 Å². The van der Waals surface area contributed by atoms with E-state index in [1.807, 2.05) is 37.3 Å². The van der Waals surface area contributed by atoms with Crippen molar-refractivity contribution in [2.24, 2.45) is 0 Å². The third kappa shape index (κ3) is 4.53. The van der Waals surface area contributed by atoms with E-state index in [1.165, 1.54) is 7.05 Å². The lowest BCUT2D eigenvalue weighted by molar-refractivity contribution is 0.102. The van der Waals surface area contributed by atoms with Crippen LogP contribution in [-0.2, 0) is 17.4 Å². The number of rotatable bonds is 6. The summed E-state index contributed by atoms with van der Waals surface area (Å²) in [7, 11) is -1.29. The molecule has 0 unspecified atom stereocenters. The molecule has 1 heterocycles. The number of nitrogens with zero attached hydrogens (tertiary/aromatic N) is 3. The summed E-state index contributed by atoms with van der Waals surface area (Å²) < 4.78 is 25.1. The Kier molecular flexibility index (Phi) is 5.56. The molecule has 7 nitrogen and oxygen atoms in total. The Balaban J connectivity index is 1.75. The number of hydrogen-bond acceptors (Lipinski definition) is 4. The Morgan fingerprint density at radius 3 is 2.56 bits per heavy atom. The SMILES string of the molecule is Cc1cc(C(=O)Nc2cccc(N(C)[SH](=O)=O)c2)nn1Cc1ccccc1. The van der Waals surface area contributed by atoms with Crippen LogP contribution in [0.3, 0.4) is 0 Å². The molecule has 0 bridgehead atoms. The number of hydrogen-bond donors (Lipinski definition) is 2. The average Bonchev–Trinajstić information content (AvgIpc) is 3.03. The summed E-state index contributed by atoms with van der Waals surface area (Å²) >= 11 is 0. The molecule has 0 spiro atoms. The monoisotopic (exact) mass is 384 g/mol. The van der Waals surface area contributed by atoms with Crippen LogP contribution in [0.4, 0.5) is 11.4 Å². The van der Waals surface area contributed by atoms with E-state index in [0.29, 0.717) is 23.6 Å². The molecule has 1 amide bonds.